The van der Waals surface area contributed by atoms with Crippen molar-refractivity contribution < 1.29 is 17.9 Å². The van der Waals surface area contributed by atoms with E-state index in [9.17, 15) is 13.2 Å². The van der Waals surface area contributed by atoms with E-state index in [1.807, 2.05) is 0 Å². The zero-order chi connectivity index (χ0) is 10.0. The fourth-order valence-corrected chi connectivity index (χ4v) is 1.16. The third-order valence-corrected chi connectivity index (χ3v) is 1.89. The molecule has 0 saturated heterocycles. The maximum absolute atomic E-state index is 12.9. The summed E-state index contributed by atoms with van der Waals surface area (Å²) in [5, 5.41) is 0. The Morgan fingerprint density at radius 3 is 2.62 bits per heavy atom. The fourth-order valence-electron chi connectivity index (χ4n) is 0.757. The second kappa shape index (κ2) is 3.95. The predicted molar refractivity (Wildman–Crippen MR) is 43.4 cm³/mol. The number of hydrogen-bond donors (Lipinski definition) is 0. The topological polar surface area (TPSA) is 22.1 Å². The monoisotopic (exact) mass is 255 g/mol. The van der Waals surface area contributed by atoms with Gasteiger partial charge in [-0.15, -0.1) is 0 Å². The molecule has 2 nitrogen and oxygen atoms in total. The SMILES string of the molecule is COc1cc(C(F)F)c(F)c(Br)n1. The van der Waals surface area contributed by atoms with Crippen molar-refractivity contribution in [3.8, 4) is 5.88 Å². The number of nitrogens with zero attached hydrogens (tertiary/aromatic N) is 1. The van der Waals surface area contributed by atoms with Gasteiger partial charge in [0.2, 0.25) is 5.88 Å². The van der Waals surface area contributed by atoms with Crippen molar-refractivity contribution in [3.05, 3.63) is 22.1 Å². The van der Waals surface area contributed by atoms with Crippen LogP contribution in [0.4, 0.5) is 13.2 Å². The molecule has 0 bridgehead atoms. The van der Waals surface area contributed by atoms with Crippen molar-refractivity contribution in [1.29, 1.82) is 0 Å². The first-order chi connectivity index (χ1) is 6.06. The first kappa shape index (κ1) is 10.3. The van der Waals surface area contributed by atoms with Gasteiger partial charge in [-0.2, -0.15) is 0 Å². The summed E-state index contributed by atoms with van der Waals surface area (Å²) in [6.07, 6.45) is -2.88. The summed E-state index contributed by atoms with van der Waals surface area (Å²) in [7, 11) is 1.27. The summed E-state index contributed by atoms with van der Waals surface area (Å²) in [4.78, 5) is 3.52. The molecular formula is C7H5BrF3NO. The van der Waals surface area contributed by atoms with Crippen molar-refractivity contribution in [2.45, 2.75) is 6.43 Å². The highest BCUT2D eigenvalue weighted by Crippen LogP contribution is 2.28. The van der Waals surface area contributed by atoms with Gasteiger partial charge in [-0.25, -0.2) is 18.2 Å². The van der Waals surface area contributed by atoms with Crippen LogP contribution in [0.25, 0.3) is 0 Å². The molecule has 1 rings (SSSR count). The number of halogens is 4. The van der Waals surface area contributed by atoms with Crippen molar-refractivity contribution in [3.63, 3.8) is 0 Å². The van der Waals surface area contributed by atoms with E-state index in [0.29, 0.717) is 0 Å². The van der Waals surface area contributed by atoms with Crippen molar-refractivity contribution in [2.75, 3.05) is 7.11 Å². The largest absolute Gasteiger partial charge is 0.481 e. The van der Waals surface area contributed by atoms with Crippen LogP contribution in [0.3, 0.4) is 0 Å². The van der Waals surface area contributed by atoms with Crippen molar-refractivity contribution in [2.24, 2.45) is 0 Å². The molecule has 0 unspecified atom stereocenters. The van der Waals surface area contributed by atoms with Crippen LogP contribution in [0.5, 0.6) is 5.88 Å². The quantitative estimate of drug-likeness (QED) is 0.759. The molecule has 6 heteroatoms. The molecule has 0 spiro atoms. The van der Waals surface area contributed by atoms with E-state index in [-0.39, 0.29) is 10.5 Å². The van der Waals surface area contributed by atoms with E-state index in [4.69, 9.17) is 0 Å². The van der Waals surface area contributed by atoms with Crippen LogP contribution in [0.2, 0.25) is 0 Å². The lowest BCUT2D eigenvalue weighted by Crippen LogP contribution is -1.97. The summed E-state index contributed by atoms with van der Waals surface area (Å²) in [6.45, 7) is 0. The molecule has 0 N–H and O–H groups in total. The summed E-state index contributed by atoms with van der Waals surface area (Å²) < 4.78 is 41.6. The van der Waals surface area contributed by atoms with Gasteiger partial charge in [0.1, 0.15) is 4.60 Å². The highest BCUT2D eigenvalue weighted by molar-refractivity contribution is 9.10. The van der Waals surface area contributed by atoms with Gasteiger partial charge in [-0.3, -0.25) is 0 Å². The number of methoxy groups -OCH3 is 1. The molecule has 1 aromatic rings. The van der Waals surface area contributed by atoms with Gasteiger partial charge in [0.15, 0.2) is 5.82 Å². The average Bonchev–Trinajstić information content (AvgIpc) is 2.09. The molecule has 0 atom stereocenters. The van der Waals surface area contributed by atoms with E-state index in [2.05, 4.69) is 25.7 Å². The molecule has 1 aromatic heterocycles. The first-order valence-electron chi connectivity index (χ1n) is 3.24. The van der Waals surface area contributed by atoms with Gasteiger partial charge in [0.05, 0.1) is 12.7 Å². The Balaban J connectivity index is 3.25. The molecule has 72 valence electrons. The smallest absolute Gasteiger partial charge is 0.266 e. The number of hydrogen-bond acceptors (Lipinski definition) is 2. The van der Waals surface area contributed by atoms with Crippen LogP contribution in [0, 0.1) is 5.82 Å². The van der Waals surface area contributed by atoms with Crippen LogP contribution in [0.1, 0.15) is 12.0 Å². The molecule has 0 aliphatic rings. The van der Waals surface area contributed by atoms with E-state index in [1.165, 1.54) is 7.11 Å². The maximum Gasteiger partial charge on any atom is 0.266 e. The number of pyridine rings is 1. The van der Waals surface area contributed by atoms with E-state index < -0.39 is 17.8 Å². The number of ether oxygens (including phenoxy) is 1. The van der Waals surface area contributed by atoms with E-state index in [1.54, 1.807) is 0 Å². The fraction of sp³-hybridized carbons (Fsp3) is 0.286. The molecule has 0 radical (unpaired) electrons. The van der Waals surface area contributed by atoms with E-state index in [0.717, 1.165) is 6.07 Å². The van der Waals surface area contributed by atoms with Crippen molar-refractivity contribution in [1.82, 2.24) is 4.98 Å². The summed E-state index contributed by atoms with van der Waals surface area (Å²) in [5.41, 5.74) is -0.723. The molecule has 0 aliphatic carbocycles. The molecule has 1 heterocycles. The Morgan fingerprint density at radius 2 is 2.15 bits per heavy atom. The standard InChI is InChI=1S/C7H5BrF3NO/c1-13-4-2-3(7(10)11)5(9)6(8)12-4/h2,7H,1H3. The highest BCUT2D eigenvalue weighted by Gasteiger charge is 2.18. The van der Waals surface area contributed by atoms with Gasteiger partial charge in [0.25, 0.3) is 6.43 Å². The van der Waals surface area contributed by atoms with Gasteiger partial charge >= 0.3 is 0 Å². The molecule has 13 heavy (non-hydrogen) atoms. The molecule has 0 amide bonds. The summed E-state index contributed by atoms with van der Waals surface area (Å²) in [6, 6.07) is 0.866. The van der Waals surface area contributed by atoms with Gasteiger partial charge in [0, 0.05) is 6.07 Å². The lowest BCUT2D eigenvalue weighted by Gasteiger charge is -2.05. The second-order valence-electron chi connectivity index (χ2n) is 2.16. The average molecular weight is 256 g/mol. The minimum absolute atomic E-state index is 0.0522. The lowest BCUT2D eigenvalue weighted by atomic mass is 10.2. The third kappa shape index (κ3) is 2.12. The van der Waals surface area contributed by atoms with Crippen molar-refractivity contribution >= 4 is 15.9 Å². The third-order valence-electron chi connectivity index (χ3n) is 1.37. The molecule has 0 aliphatic heterocycles. The molecular weight excluding hydrogens is 251 g/mol. The van der Waals surface area contributed by atoms with Crippen LogP contribution < -0.4 is 4.74 Å². The van der Waals surface area contributed by atoms with Crippen LogP contribution in [-0.4, -0.2) is 12.1 Å². The normalized spacial score (nSPS) is 10.6. The minimum Gasteiger partial charge on any atom is -0.481 e. The first-order valence-corrected chi connectivity index (χ1v) is 4.03. The van der Waals surface area contributed by atoms with Crippen LogP contribution >= 0.6 is 15.9 Å². The number of rotatable bonds is 2. The van der Waals surface area contributed by atoms with Gasteiger partial charge in [-0.1, -0.05) is 0 Å². The Kier molecular flexibility index (Phi) is 3.13. The lowest BCUT2D eigenvalue weighted by molar-refractivity contribution is 0.145. The van der Waals surface area contributed by atoms with Gasteiger partial charge < -0.3 is 4.74 Å². The second-order valence-corrected chi connectivity index (χ2v) is 2.91. The van der Waals surface area contributed by atoms with Crippen LogP contribution in [0.15, 0.2) is 10.7 Å². The Bertz CT molecular complexity index is 319. The number of alkyl halides is 2. The summed E-state index contributed by atoms with van der Waals surface area (Å²) in [5.74, 6) is -1.11. The van der Waals surface area contributed by atoms with E-state index >= 15 is 0 Å². The zero-order valence-corrected chi connectivity index (χ0v) is 8.11. The molecule has 0 fully saturated rings. The maximum atomic E-state index is 12.9. The number of aromatic nitrogens is 1. The highest BCUT2D eigenvalue weighted by atomic mass is 79.9. The molecule has 0 saturated carbocycles. The van der Waals surface area contributed by atoms with Gasteiger partial charge in [-0.05, 0) is 15.9 Å². The Labute approximate surface area is 80.9 Å². The summed E-state index contributed by atoms with van der Waals surface area (Å²) >= 11 is 2.71. The van der Waals surface area contributed by atoms with Crippen LogP contribution in [-0.2, 0) is 0 Å². The predicted octanol–water partition coefficient (Wildman–Crippen LogP) is 2.93. The minimum atomic E-state index is -2.88. The Morgan fingerprint density at radius 1 is 1.54 bits per heavy atom. The molecule has 0 aromatic carbocycles. The Hall–Kier alpha value is -0.780. The zero-order valence-electron chi connectivity index (χ0n) is 6.52.